The summed E-state index contributed by atoms with van der Waals surface area (Å²) in [5.41, 5.74) is 15.2. The summed E-state index contributed by atoms with van der Waals surface area (Å²) in [5.74, 6) is -1.44. The van der Waals surface area contributed by atoms with Gasteiger partial charge in [0, 0.05) is 20.2 Å². The Balaban J connectivity index is 1.57. The third-order valence-electron chi connectivity index (χ3n) is 7.84. The molecular weight excluding hydrogens is 648 g/mol. The molecule has 0 bridgehead atoms. The molecule has 0 fully saturated rings. The Morgan fingerprint density at radius 3 is 1.46 bits per heavy atom. The van der Waals surface area contributed by atoms with Crippen molar-refractivity contribution in [1.29, 1.82) is 0 Å². The van der Waals surface area contributed by atoms with Crippen LogP contribution in [0.1, 0.15) is 83.0 Å². The van der Waals surface area contributed by atoms with Crippen LogP contribution in [0, 0.1) is 13.8 Å². The van der Waals surface area contributed by atoms with E-state index in [1.165, 1.54) is 25.1 Å². The number of nitrogen functional groups attached to an aromatic ring is 2. The molecule has 0 saturated carbocycles. The monoisotopic (exact) mass is 686 g/mol. The van der Waals surface area contributed by atoms with E-state index in [-0.39, 0.29) is 57.4 Å². The second-order valence-corrected chi connectivity index (χ2v) is 11.5. The van der Waals surface area contributed by atoms with E-state index in [4.69, 9.17) is 11.5 Å². The first-order valence-electron chi connectivity index (χ1n) is 15.8. The number of nitrogens with zero attached hydrogens (tertiary/aromatic N) is 14. The zero-order valence-electron chi connectivity index (χ0n) is 28.5. The zero-order chi connectivity index (χ0) is 36.3. The molecule has 0 aliphatic rings. The first-order valence-corrected chi connectivity index (χ1v) is 15.8. The molecule has 0 amide bonds. The number of carboxylic acid groups (broad SMARTS) is 2. The number of nitrogens with two attached hydrogens (primary N) is 2. The summed E-state index contributed by atoms with van der Waals surface area (Å²) in [6.45, 7) is 7.23. The van der Waals surface area contributed by atoms with E-state index in [0.717, 1.165) is 25.7 Å². The Labute approximate surface area is 285 Å². The molecule has 6 N–H and O–H groups in total. The number of carboxylic acids is 2. The van der Waals surface area contributed by atoms with Gasteiger partial charge in [0.2, 0.25) is 0 Å². The molecule has 0 unspecified atom stereocenters. The number of aromatic nitrogens is 10. The van der Waals surface area contributed by atoms with Crippen LogP contribution in [-0.2, 0) is 26.9 Å². The molecule has 0 atom stereocenters. The lowest BCUT2D eigenvalue weighted by Crippen LogP contribution is -2.09. The fourth-order valence-electron chi connectivity index (χ4n) is 5.32. The van der Waals surface area contributed by atoms with Gasteiger partial charge < -0.3 is 21.7 Å². The fourth-order valence-corrected chi connectivity index (χ4v) is 5.32. The minimum absolute atomic E-state index is 0.0617. The third-order valence-corrected chi connectivity index (χ3v) is 7.84. The zero-order valence-corrected chi connectivity index (χ0v) is 28.5. The van der Waals surface area contributed by atoms with Gasteiger partial charge in [-0.3, -0.25) is 0 Å². The van der Waals surface area contributed by atoms with Gasteiger partial charge in [0.1, 0.15) is 17.5 Å². The maximum absolute atomic E-state index is 11.9. The van der Waals surface area contributed by atoms with E-state index < -0.39 is 11.9 Å². The molecule has 0 saturated heterocycles. The van der Waals surface area contributed by atoms with Crippen molar-refractivity contribution in [2.75, 3.05) is 11.5 Å². The van der Waals surface area contributed by atoms with Crippen LogP contribution >= 0.6 is 0 Å². The second-order valence-electron chi connectivity index (χ2n) is 11.5. The van der Waals surface area contributed by atoms with Crippen LogP contribution in [0.15, 0.2) is 32.9 Å². The summed E-state index contributed by atoms with van der Waals surface area (Å²) in [4.78, 5) is 32.5. The molecule has 5 rings (SSSR count). The molecule has 262 valence electrons. The molecule has 20 nitrogen and oxygen atoms in total. The number of hydrogen-bond donors (Lipinski definition) is 4. The molecule has 5 aromatic heterocycles. The van der Waals surface area contributed by atoms with Crippen LogP contribution in [0.5, 0.6) is 0 Å². The standard InChI is InChI=1S/C30H38N16O4/c1-7-9-11-17-23(35-37-27-21(29(47)48)15(3)39-43(27)5)25(31)45(41-17)19-13-20(34-14-33-19)46-26(32)24(18(42-46)12-10-8-2)36-38-28-22(30(49)50)16(4)40-44(28)6/h13-14H,7-12,31-32H2,1-6H3,(H,47,48)(H,49,50). The van der Waals surface area contributed by atoms with Crippen LogP contribution in [0.2, 0.25) is 0 Å². The number of unbranched alkanes of at least 4 members (excludes halogenated alkanes) is 2. The van der Waals surface area contributed by atoms with Gasteiger partial charge in [0.25, 0.3) is 0 Å². The molecule has 5 aromatic rings. The van der Waals surface area contributed by atoms with E-state index in [9.17, 15) is 19.8 Å². The van der Waals surface area contributed by atoms with Gasteiger partial charge in [0.05, 0.1) is 22.8 Å². The third kappa shape index (κ3) is 6.66. The SMILES string of the molecule is CCCCc1nn(-c2cc(-n3nc(CCCC)c(N=Nc4c(C(=O)O)c(C)nn4C)c3N)ncn2)c(N)c1N=Nc1c(C(=O)O)c(C)nn1C. The Hall–Kier alpha value is -6.34. The average Bonchev–Trinajstić information content (AvgIpc) is 3.75. The van der Waals surface area contributed by atoms with Crippen LogP contribution in [-0.4, -0.2) is 71.2 Å². The van der Waals surface area contributed by atoms with E-state index in [2.05, 4.69) is 50.8 Å². The number of aryl methyl sites for hydroxylation is 6. The van der Waals surface area contributed by atoms with Gasteiger partial charge in [-0.25, -0.2) is 28.9 Å². The highest BCUT2D eigenvalue weighted by Gasteiger charge is 2.24. The highest BCUT2D eigenvalue weighted by atomic mass is 16.4. The van der Waals surface area contributed by atoms with Crippen LogP contribution in [0.4, 0.5) is 34.6 Å². The number of aromatic carboxylic acids is 2. The van der Waals surface area contributed by atoms with Gasteiger partial charge in [-0.1, -0.05) is 26.7 Å². The topological polar surface area (TPSA) is 273 Å². The highest BCUT2D eigenvalue weighted by Crippen LogP contribution is 2.35. The molecule has 5 heterocycles. The van der Waals surface area contributed by atoms with Crippen molar-refractivity contribution >= 4 is 46.6 Å². The van der Waals surface area contributed by atoms with Gasteiger partial charge in [-0.05, 0) is 39.5 Å². The van der Waals surface area contributed by atoms with Gasteiger partial charge in [-0.2, -0.15) is 29.8 Å². The molecule has 0 spiro atoms. The summed E-state index contributed by atoms with van der Waals surface area (Å²) in [5, 5.41) is 54.2. The van der Waals surface area contributed by atoms with Crippen molar-refractivity contribution in [2.45, 2.75) is 66.2 Å². The number of anilines is 2. The molecule has 0 aromatic carbocycles. The highest BCUT2D eigenvalue weighted by molar-refractivity contribution is 5.94. The number of hydrogen-bond acceptors (Lipinski definition) is 14. The molecule has 20 heteroatoms. The molecule has 0 aliphatic carbocycles. The maximum Gasteiger partial charge on any atom is 0.341 e. The second kappa shape index (κ2) is 14.4. The van der Waals surface area contributed by atoms with Crippen LogP contribution in [0.25, 0.3) is 11.6 Å². The number of carbonyl (C=O) groups is 2. The maximum atomic E-state index is 11.9. The Kier molecular flexibility index (Phi) is 10.1. The first kappa shape index (κ1) is 35.0. The Morgan fingerprint density at radius 2 is 1.10 bits per heavy atom. The van der Waals surface area contributed by atoms with E-state index in [1.54, 1.807) is 34.0 Å². The Morgan fingerprint density at radius 1 is 0.700 bits per heavy atom. The number of rotatable bonds is 14. The van der Waals surface area contributed by atoms with Crippen molar-refractivity contribution in [1.82, 2.24) is 49.1 Å². The van der Waals surface area contributed by atoms with Gasteiger partial charge in [0.15, 0.2) is 46.3 Å². The minimum Gasteiger partial charge on any atom is -0.477 e. The Bertz CT molecular complexity index is 1990. The molecule has 50 heavy (non-hydrogen) atoms. The predicted molar refractivity (Wildman–Crippen MR) is 180 cm³/mol. The summed E-state index contributed by atoms with van der Waals surface area (Å²) in [6, 6.07) is 1.59. The lowest BCUT2D eigenvalue weighted by atomic mass is 10.2. The number of azo groups is 2. The summed E-state index contributed by atoms with van der Waals surface area (Å²) in [6.07, 6.45) is 5.68. The van der Waals surface area contributed by atoms with E-state index >= 15 is 0 Å². The van der Waals surface area contributed by atoms with Crippen molar-refractivity contribution < 1.29 is 19.8 Å². The molecule has 0 radical (unpaired) electrons. The van der Waals surface area contributed by atoms with Crippen LogP contribution in [0.3, 0.4) is 0 Å². The van der Waals surface area contributed by atoms with Crippen molar-refractivity contribution in [3.63, 3.8) is 0 Å². The average molecular weight is 687 g/mol. The fraction of sp³-hybridized carbons (Fsp3) is 0.400. The summed E-state index contributed by atoms with van der Waals surface area (Å²) < 4.78 is 5.47. The van der Waals surface area contributed by atoms with Gasteiger partial charge >= 0.3 is 11.9 Å². The smallest absolute Gasteiger partial charge is 0.341 e. The molecular formula is C30H38N16O4. The van der Waals surface area contributed by atoms with Crippen molar-refractivity contribution in [2.24, 2.45) is 34.6 Å². The van der Waals surface area contributed by atoms with E-state index in [0.29, 0.717) is 35.6 Å². The lowest BCUT2D eigenvalue weighted by Gasteiger charge is -2.06. The lowest BCUT2D eigenvalue weighted by molar-refractivity contribution is 0.0686. The van der Waals surface area contributed by atoms with Crippen LogP contribution < -0.4 is 11.5 Å². The first-order chi connectivity index (χ1) is 23.9. The molecule has 0 aliphatic heterocycles. The quantitative estimate of drug-likeness (QED) is 0.112. The minimum atomic E-state index is -1.18. The van der Waals surface area contributed by atoms with Gasteiger partial charge in [-0.15, -0.1) is 20.5 Å². The summed E-state index contributed by atoms with van der Waals surface area (Å²) >= 11 is 0. The van der Waals surface area contributed by atoms with E-state index in [1.807, 2.05) is 13.8 Å². The normalized spacial score (nSPS) is 11.8. The van der Waals surface area contributed by atoms with Crippen molar-refractivity contribution in [3.8, 4) is 11.6 Å². The summed E-state index contributed by atoms with van der Waals surface area (Å²) in [7, 11) is 3.16. The predicted octanol–water partition coefficient (Wildman–Crippen LogP) is 5.01. The van der Waals surface area contributed by atoms with Crippen molar-refractivity contribution in [3.05, 3.63) is 46.3 Å². The largest absolute Gasteiger partial charge is 0.477 e.